The molecule has 4 nitrogen and oxygen atoms in total. The van der Waals surface area contributed by atoms with Crippen molar-refractivity contribution in [2.24, 2.45) is 5.92 Å². The maximum Gasteiger partial charge on any atom is 0.396 e. The van der Waals surface area contributed by atoms with E-state index in [4.69, 9.17) is 0 Å². The van der Waals surface area contributed by atoms with E-state index in [0.29, 0.717) is 0 Å². The zero-order valence-corrected chi connectivity index (χ0v) is 10.1. The first-order chi connectivity index (χ1) is 7.67. The Morgan fingerprint density at radius 2 is 1.88 bits per heavy atom. The standard InChI is InChI=1S/C12H21NO3/c1-3-4-9-5-7-10(8-6-9)13-11(14)12(15)16-2/h9-10H,3-8H2,1-2H3,(H,13,14). The Hall–Kier alpha value is -1.06. The maximum absolute atomic E-state index is 11.3. The van der Waals surface area contributed by atoms with Crippen LogP contribution in [0.2, 0.25) is 0 Å². The minimum atomic E-state index is -0.796. The number of carbonyl (C=O) groups excluding carboxylic acids is 2. The van der Waals surface area contributed by atoms with Crippen LogP contribution in [0.5, 0.6) is 0 Å². The molecule has 0 radical (unpaired) electrons. The van der Waals surface area contributed by atoms with Crippen LogP contribution in [0.1, 0.15) is 45.4 Å². The van der Waals surface area contributed by atoms with Crippen LogP contribution in [0.3, 0.4) is 0 Å². The van der Waals surface area contributed by atoms with E-state index in [0.717, 1.165) is 31.6 Å². The Labute approximate surface area is 96.7 Å². The minimum Gasteiger partial charge on any atom is -0.462 e. The fraction of sp³-hybridized carbons (Fsp3) is 0.833. The molecule has 0 aromatic carbocycles. The largest absolute Gasteiger partial charge is 0.462 e. The molecule has 1 aliphatic rings. The highest BCUT2D eigenvalue weighted by Gasteiger charge is 2.24. The summed E-state index contributed by atoms with van der Waals surface area (Å²) in [5, 5.41) is 2.72. The summed E-state index contributed by atoms with van der Waals surface area (Å²) in [5.41, 5.74) is 0. The van der Waals surface area contributed by atoms with Gasteiger partial charge < -0.3 is 10.1 Å². The normalized spacial score (nSPS) is 24.9. The Balaban J connectivity index is 2.26. The van der Waals surface area contributed by atoms with Gasteiger partial charge in [-0.05, 0) is 31.6 Å². The molecule has 0 bridgehead atoms. The topological polar surface area (TPSA) is 55.4 Å². The van der Waals surface area contributed by atoms with Crippen molar-refractivity contribution >= 4 is 11.9 Å². The molecule has 0 aliphatic heterocycles. The van der Waals surface area contributed by atoms with E-state index >= 15 is 0 Å². The number of hydrogen-bond donors (Lipinski definition) is 1. The molecule has 1 rings (SSSR count). The van der Waals surface area contributed by atoms with Gasteiger partial charge in [-0.15, -0.1) is 0 Å². The van der Waals surface area contributed by atoms with Crippen molar-refractivity contribution in [1.82, 2.24) is 5.32 Å². The van der Waals surface area contributed by atoms with Crippen LogP contribution < -0.4 is 5.32 Å². The van der Waals surface area contributed by atoms with Gasteiger partial charge in [0.2, 0.25) is 0 Å². The van der Waals surface area contributed by atoms with Crippen LogP contribution in [-0.4, -0.2) is 25.0 Å². The third-order valence-corrected chi connectivity index (χ3v) is 3.25. The molecule has 0 spiro atoms. The fourth-order valence-corrected chi connectivity index (χ4v) is 2.34. The molecule has 0 aromatic rings. The number of carbonyl (C=O) groups is 2. The average Bonchev–Trinajstić information content (AvgIpc) is 2.31. The van der Waals surface area contributed by atoms with Crippen LogP contribution >= 0.6 is 0 Å². The number of rotatable bonds is 3. The van der Waals surface area contributed by atoms with Crippen molar-refractivity contribution < 1.29 is 14.3 Å². The molecular weight excluding hydrogens is 206 g/mol. The van der Waals surface area contributed by atoms with Gasteiger partial charge in [-0.1, -0.05) is 19.8 Å². The number of amides is 1. The Kier molecular flexibility index (Phi) is 5.29. The second-order valence-corrected chi connectivity index (χ2v) is 4.47. The number of methoxy groups -OCH3 is 1. The summed E-state index contributed by atoms with van der Waals surface area (Å²) in [6.07, 6.45) is 6.77. The van der Waals surface area contributed by atoms with Gasteiger partial charge in [0.05, 0.1) is 7.11 Å². The van der Waals surface area contributed by atoms with E-state index in [-0.39, 0.29) is 6.04 Å². The van der Waals surface area contributed by atoms with E-state index in [1.807, 2.05) is 0 Å². The first-order valence-electron chi connectivity index (χ1n) is 6.06. The van der Waals surface area contributed by atoms with Crippen LogP contribution in [0.25, 0.3) is 0 Å². The van der Waals surface area contributed by atoms with E-state index in [2.05, 4.69) is 17.0 Å². The molecule has 1 N–H and O–H groups in total. The summed E-state index contributed by atoms with van der Waals surface area (Å²) in [5.74, 6) is -0.603. The zero-order valence-electron chi connectivity index (χ0n) is 10.1. The summed E-state index contributed by atoms with van der Waals surface area (Å²) in [6, 6.07) is 0.153. The summed E-state index contributed by atoms with van der Waals surface area (Å²) in [4.78, 5) is 22.2. The summed E-state index contributed by atoms with van der Waals surface area (Å²) < 4.78 is 4.36. The molecule has 0 aromatic heterocycles. The second-order valence-electron chi connectivity index (χ2n) is 4.47. The molecule has 0 saturated heterocycles. The van der Waals surface area contributed by atoms with Crippen molar-refractivity contribution in [3.8, 4) is 0 Å². The quantitative estimate of drug-likeness (QED) is 0.589. The Morgan fingerprint density at radius 3 is 2.38 bits per heavy atom. The molecule has 4 heteroatoms. The molecule has 0 atom stereocenters. The smallest absolute Gasteiger partial charge is 0.396 e. The molecule has 92 valence electrons. The second kappa shape index (κ2) is 6.51. The predicted octanol–water partition coefficient (Wildman–Crippen LogP) is 1.63. The highest BCUT2D eigenvalue weighted by Crippen LogP contribution is 2.27. The predicted molar refractivity (Wildman–Crippen MR) is 60.8 cm³/mol. The lowest BCUT2D eigenvalue weighted by Gasteiger charge is -2.28. The third kappa shape index (κ3) is 3.83. The number of ether oxygens (including phenoxy) is 1. The highest BCUT2D eigenvalue weighted by atomic mass is 16.5. The van der Waals surface area contributed by atoms with Crippen molar-refractivity contribution in [2.75, 3.05) is 7.11 Å². The van der Waals surface area contributed by atoms with Gasteiger partial charge in [0.1, 0.15) is 0 Å². The number of hydrogen-bond acceptors (Lipinski definition) is 3. The van der Waals surface area contributed by atoms with E-state index in [1.165, 1.54) is 20.0 Å². The van der Waals surface area contributed by atoms with Gasteiger partial charge in [0, 0.05) is 6.04 Å². The minimum absolute atomic E-state index is 0.153. The molecule has 1 aliphatic carbocycles. The van der Waals surface area contributed by atoms with E-state index in [9.17, 15) is 9.59 Å². The van der Waals surface area contributed by atoms with Crippen molar-refractivity contribution in [3.63, 3.8) is 0 Å². The summed E-state index contributed by atoms with van der Waals surface area (Å²) >= 11 is 0. The first kappa shape index (κ1) is 13.0. The molecular formula is C12H21NO3. The molecule has 1 amide bonds. The van der Waals surface area contributed by atoms with Crippen molar-refractivity contribution in [3.05, 3.63) is 0 Å². The SMILES string of the molecule is CCCC1CCC(NC(=O)C(=O)OC)CC1. The van der Waals surface area contributed by atoms with E-state index < -0.39 is 11.9 Å². The average molecular weight is 227 g/mol. The monoisotopic (exact) mass is 227 g/mol. The first-order valence-corrected chi connectivity index (χ1v) is 6.06. The number of esters is 1. The van der Waals surface area contributed by atoms with E-state index in [1.54, 1.807) is 0 Å². The summed E-state index contributed by atoms with van der Waals surface area (Å²) in [7, 11) is 1.22. The Bertz CT molecular complexity index is 245. The van der Waals surface area contributed by atoms with Crippen molar-refractivity contribution in [2.45, 2.75) is 51.5 Å². The van der Waals surface area contributed by atoms with Crippen LogP contribution in [0.4, 0.5) is 0 Å². The van der Waals surface area contributed by atoms with Gasteiger partial charge in [0.15, 0.2) is 0 Å². The molecule has 16 heavy (non-hydrogen) atoms. The zero-order chi connectivity index (χ0) is 12.0. The van der Waals surface area contributed by atoms with Gasteiger partial charge in [-0.3, -0.25) is 4.79 Å². The van der Waals surface area contributed by atoms with Crippen LogP contribution in [-0.2, 0) is 14.3 Å². The van der Waals surface area contributed by atoms with Crippen molar-refractivity contribution in [1.29, 1.82) is 0 Å². The third-order valence-electron chi connectivity index (χ3n) is 3.25. The number of nitrogens with one attached hydrogen (secondary N) is 1. The molecule has 0 heterocycles. The molecule has 1 fully saturated rings. The highest BCUT2D eigenvalue weighted by molar-refractivity contribution is 6.32. The Morgan fingerprint density at radius 1 is 1.25 bits per heavy atom. The van der Waals surface area contributed by atoms with Gasteiger partial charge in [-0.2, -0.15) is 0 Å². The molecule has 0 unspecified atom stereocenters. The fourth-order valence-electron chi connectivity index (χ4n) is 2.34. The van der Waals surface area contributed by atoms with Gasteiger partial charge >= 0.3 is 11.9 Å². The summed E-state index contributed by atoms with van der Waals surface area (Å²) in [6.45, 7) is 2.20. The lowest BCUT2D eigenvalue weighted by atomic mass is 9.83. The molecule has 1 saturated carbocycles. The lowest BCUT2D eigenvalue weighted by molar-refractivity contribution is -0.153. The van der Waals surface area contributed by atoms with Crippen LogP contribution in [0.15, 0.2) is 0 Å². The maximum atomic E-state index is 11.3. The van der Waals surface area contributed by atoms with Gasteiger partial charge in [0.25, 0.3) is 0 Å². The van der Waals surface area contributed by atoms with Gasteiger partial charge in [-0.25, -0.2) is 4.79 Å². The lowest BCUT2D eigenvalue weighted by Crippen LogP contribution is -2.41. The van der Waals surface area contributed by atoms with Crippen LogP contribution in [0, 0.1) is 5.92 Å².